The second-order valence-corrected chi connectivity index (χ2v) is 2.29. The van der Waals surface area contributed by atoms with Crippen LogP contribution in [0.5, 0.6) is 0 Å². The molecule has 0 bridgehead atoms. The molecular weight excluding hydrogens is 170 g/mol. The van der Waals surface area contributed by atoms with Crippen molar-refractivity contribution in [3.8, 4) is 0 Å². The van der Waals surface area contributed by atoms with E-state index in [9.17, 15) is 4.79 Å². The lowest BCUT2D eigenvalue weighted by Gasteiger charge is -1.95. The fraction of sp³-hybridized carbons (Fsp3) is 0.375. The Labute approximate surface area is 75.7 Å². The van der Waals surface area contributed by atoms with Gasteiger partial charge in [-0.05, 0) is 6.92 Å². The third-order valence-electron chi connectivity index (χ3n) is 1.36. The van der Waals surface area contributed by atoms with Crippen LogP contribution in [0.4, 0.5) is 0 Å². The molecule has 0 aliphatic rings. The summed E-state index contributed by atoms with van der Waals surface area (Å²) in [4.78, 5) is 14.2. The van der Waals surface area contributed by atoms with Gasteiger partial charge in [0.25, 0.3) is 0 Å². The molecule has 13 heavy (non-hydrogen) atoms. The maximum Gasteiger partial charge on any atom is 0.341 e. The van der Waals surface area contributed by atoms with E-state index in [0.717, 1.165) is 0 Å². The number of hydrogen-bond acceptors (Lipinski definition) is 3. The van der Waals surface area contributed by atoms with Crippen molar-refractivity contribution in [1.82, 2.24) is 9.78 Å². The zero-order valence-electron chi connectivity index (χ0n) is 7.23. The van der Waals surface area contributed by atoms with Gasteiger partial charge in [-0.3, -0.25) is 4.85 Å². The molecule has 1 aromatic rings. The topological polar surface area (TPSA) is 48.5 Å². The Bertz CT molecular complexity index is 337. The molecule has 0 radical (unpaired) electrons. The molecule has 1 rings (SSSR count). The van der Waals surface area contributed by atoms with Crippen molar-refractivity contribution in [1.29, 1.82) is 0 Å². The van der Waals surface area contributed by atoms with Gasteiger partial charge in [0.15, 0.2) is 0 Å². The average Bonchev–Trinajstić information content (AvgIpc) is 2.54. The summed E-state index contributed by atoms with van der Waals surface area (Å²) in [7, 11) is 0. The van der Waals surface area contributed by atoms with Crippen LogP contribution in [-0.2, 0) is 11.4 Å². The molecule has 0 atom stereocenters. The van der Waals surface area contributed by atoms with Crippen molar-refractivity contribution in [3.63, 3.8) is 0 Å². The molecule has 0 fully saturated rings. The lowest BCUT2D eigenvalue weighted by molar-refractivity contribution is 0.0526. The Morgan fingerprint density at radius 2 is 2.62 bits per heavy atom. The molecule has 0 N–H and O–H groups in total. The van der Waals surface area contributed by atoms with E-state index in [-0.39, 0.29) is 6.67 Å². The fourth-order valence-electron chi connectivity index (χ4n) is 0.833. The van der Waals surface area contributed by atoms with Crippen LogP contribution < -0.4 is 0 Å². The highest BCUT2D eigenvalue weighted by molar-refractivity contribution is 5.88. The average molecular weight is 179 g/mol. The van der Waals surface area contributed by atoms with Crippen LogP contribution in [0, 0.1) is 6.57 Å². The first-order chi connectivity index (χ1) is 6.27. The Kier molecular flexibility index (Phi) is 3.03. The quantitative estimate of drug-likeness (QED) is 0.512. The summed E-state index contributed by atoms with van der Waals surface area (Å²) in [5.41, 5.74) is 0.380. The van der Waals surface area contributed by atoms with E-state index >= 15 is 0 Å². The van der Waals surface area contributed by atoms with Crippen molar-refractivity contribution in [2.75, 3.05) is 6.61 Å². The molecule has 5 heteroatoms. The molecule has 0 aromatic carbocycles. The van der Waals surface area contributed by atoms with Crippen LogP contribution >= 0.6 is 0 Å². The van der Waals surface area contributed by atoms with E-state index in [1.54, 1.807) is 6.92 Å². The molecule has 68 valence electrons. The van der Waals surface area contributed by atoms with E-state index in [4.69, 9.17) is 11.3 Å². The number of esters is 1. The predicted molar refractivity (Wildman–Crippen MR) is 44.8 cm³/mol. The third kappa shape index (κ3) is 2.30. The second-order valence-electron chi connectivity index (χ2n) is 2.29. The minimum Gasteiger partial charge on any atom is -0.462 e. The Morgan fingerprint density at radius 1 is 1.85 bits per heavy atom. The number of nitrogens with zero attached hydrogens (tertiary/aromatic N) is 3. The Balaban J connectivity index is 2.69. The first-order valence-corrected chi connectivity index (χ1v) is 3.80. The summed E-state index contributed by atoms with van der Waals surface area (Å²) in [6.45, 7) is 8.79. The van der Waals surface area contributed by atoms with E-state index < -0.39 is 5.97 Å². The van der Waals surface area contributed by atoms with Gasteiger partial charge in [0, 0.05) is 6.20 Å². The van der Waals surface area contributed by atoms with Gasteiger partial charge in [-0.1, -0.05) is 0 Å². The first-order valence-electron chi connectivity index (χ1n) is 3.80. The molecule has 0 spiro atoms. The van der Waals surface area contributed by atoms with Crippen molar-refractivity contribution >= 4 is 5.97 Å². The van der Waals surface area contributed by atoms with Gasteiger partial charge in [-0.15, -0.1) is 0 Å². The van der Waals surface area contributed by atoms with Crippen molar-refractivity contribution in [2.24, 2.45) is 0 Å². The number of hydrogen-bond donors (Lipinski definition) is 0. The second kappa shape index (κ2) is 4.26. The summed E-state index contributed by atoms with van der Waals surface area (Å²) < 4.78 is 6.14. The van der Waals surface area contributed by atoms with Gasteiger partial charge < -0.3 is 4.74 Å². The molecule has 0 aliphatic heterocycles. The van der Waals surface area contributed by atoms with Crippen LogP contribution in [0.25, 0.3) is 4.85 Å². The summed E-state index contributed by atoms with van der Waals surface area (Å²) in [6, 6.07) is 0. The Morgan fingerprint density at radius 3 is 3.23 bits per heavy atom. The predicted octanol–water partition coefficient (Wildman–Crippen LogP) is 0.937. The Hall–Kier alpha value is -1.83. The number of rotatable bonds is 3. The molecule has 0 saturated carbocycles. The zero-order chi connectivity index (χ0) is 9.68. The lowest BCUT2D eigenvalue weighted by Crippen LogP contribution is -2.03. The minimum absolute atomic E-state index is 0.124. The molecule has 1 aromatic heterocycles. The lowest BCUT2D eigenvalue weighted by atomic mass is 10.4. The normalized spacial score (nSPS) is 9.23. The summed E-state index contributed by atoms with van der Waals surface area (Å²) in [6.07, 6.45) is 2.89. The van der Waals surface area contributed by atoms with E-state index in [2.05, 4.69) is 9.94 Å². The van der Waals surface area contributed by atoms with E-state index in [0.29, 0.717) is 12.2 Å². The third-order valence-corrected chi connectivity index (χ3v) is 1.36. The van der Waals surface area contributed by atoms with Crippen molar-refractivity contribution < 1.29 is 9.53 Å². The fourth-order valence-corrected chi connectivity index (χ4v) is 0.833. The smallest absolute Gasteiger partial charge is 0.341 e. The number of ether oxygens (including phenoxy) is 1. The van der Waals surface area contributed by atoms with Crippen LogP contribution in [0.15, 0.2) is 12.4 Å². The summed E-state index contributed by atoms with van der Waals surface area (Å²) in [5, 5.41) is 3.81. The SMILES string of the molecule is [C-]#[N+]Cn1cc(C(=O)OCC)cn1. The zero-order valence-corrected chi connectivity index (χ0v) is 7.23. The summed E-state index contributed by atoms with van der Waals surface area (Å²) in [5.74, 6) is -0.404. The standard InChI is InChI=1S/C8H9N3O2/c1-3-13-8(12)7-4-10-11(5-7)6-9-2/h4-5H,3,6H2,1H3. The molecule has 1 heterocycles. The maximum absolute atomic E-state index is 11.1. The van der Waals surface area contributed by atoms with Gasteiger partial charge in [0.05, 0.1) is 18.4 Å². The van der Waals surface area contributed by atoms with Crippen molar-refractivity contribution in [3.05, 3.63) is 29.4 Å². The monoisotopic (exact) mass is 179 g/mol. The first kappa shape index (κ1) is 9.26. The highest BCUT2D eigenvalue weighted by Crippen LogP contribution is 2.00. The highest BCUT2D eigenvalue weighted by atomic mass is 16.5. The number of aromatic nitrogens is 2. The van der Waals surface area contributed by atoms with Crippen LogP contribution in [0.3, 0.4) is 0 Å². The van der Waals surface area contributed by atoms with E-state index in [1.165, 1.54) is 17.1 Å². The van der Waals surface area contributed by atoms with Crippen LogP contribution in [0.1, 0.15) is 17.3 Å². The van der Waals surface area contributed by atoms with E-state index in [1.807, 2.05) is 0 Å². The molecule has 0 amide bonds. The molecule has 5 nitrogen and oxygen atoms in total. The van der Waals surface area contributed by atoms with Gasteiger partial charge in [0.2, 0.25) is 0 Å². The van der Waals surface area contributed by atoms with Crippen LogP contribution in [-0.4, -0.2) is 22.4 Å². The molecule has 0 saturated heterocycles. The number of carbonyl (C=O) groups excluding carboxylic acids is 1. The molecule has 0 unspecified atom stereocenters. The molecule has 0 aliphatic carbocycles. The molecular formula is C8H9N3O2. The van der Waals surface area contributed by atoms with Gasteiger partial charge in [0.1, 0.15) is 0 Å². The van der Waals surface area contributed by atoms with Gasteiger partial charge in [-0.25, -0.2) is 16.0 Å². The largest absolute Gasteiger partial charge is 0.462 e. The van der Waals surface area contributed by atoms with Crippen molar-refractivity contribution in [2.45, 2.75) is 13.6 Å². The van der Waals surface area contributed by atoms with Crippen LogP contribution in [0.2, 0.25) is 0 Å². The highest BCUT2D eigenvalue weighted by Gasteiger charge is 2.09. The van der Waals surface area contributed by atoms with Gasteiger partial charge >= 0.3 is 12.6 Å². The van der Waals surface area contributed by atoms with Gasteiger partial charge in [-0.2, -0.15) is 5.10 Å². The number of carbonyl (C=O) groups is 1. The minimum atomic E-state index is -0.404. The maximum atomic E-state index is 11.1. The summed E-state index contributed by atoms with van der Waals surface area (Å²) >= 11 is 0.